The van der Waals surface area contributed by atoms with Crippen LogP contribution in [0.5, 0.6) is 0 Å². The number of nitrogens with zero attached hydrogens (tertiary/aromatic N) is 5. The van der Waals surface area contributed by atoms with E-state index >= 15 is 0 Å². The predicted octanol–water partition coefficient (Wildman–Crippen LogP) is 2.95. The lowest BCUT2D eigenvalue weighted by molar-refractivity contribution is 0.126. The minimum Gasteiger partial charge on any atom is -0.299 e. The van der Waals surface area contributed by atoms with Gasteiger partial charge in [-0.1, -0.05) is 42.0 Å². The van der Waals surface area contributed by atoms with E-state index in [2.05, 4.69) is 62.0 Å². The molecule has 25 heavy (non-hydrogen) atoms. The molecular weight excluding hydrogens is 310 g/mol. The molecule has 0 spiro atoms. The summed E-state index contributed by atoms with van der Waals surface area (Å²) in [4.78, 5) is 5.33. The van der Waals surface area contributed by atoms with Crippen molar-refractivity contribution < 1.29 is 0 Å². The van der Waals surface area contributed by atoms with Gasteiger partial charge in [0.05, 0.1) is 24.5 Å². The molecule has 1 aromatic heterocycles. The van der Waals surface area contributed by atoms with Crippen molar-refractivity contribution in [3.63, 3.8) is 0 Å². The van der Waals surface area contributed by atoms with Crippen LogP contribution in [0.4, 0.5) is 0 Å². The monoisotopic (exact) mass is 339 g/mol. The molecule has 1 aromatic carbocycles. The van der Waals surface area contributed by atoms with E-state index in [0.29, 0.717) is 6.04 Å². The van der Waals surface area contributed by atoms with Crippen molar-refractivity contribution in [2.24, 2.45) is 0 Å². The molecule has 0 radical (unpaired) electrons. The SMILES string of the molecule is CC(c1cnnn1Cc1ccccc1)N1CCCN(C2CCC2)CC1. The van der Waals surface area contributed by atoms with E-state index in [1.807, 2.05) is 6.20 Å². The van der Waals surface area contributed by atoms with Crippen LogP contribution < -0.4 is 0 Å². The maximum absolute atomic E-state index is 4.35. The van der Waals surface area contributed by atoms with E-state index in [1.165, 1.54) is 56.6 Å². The molecule has 1 saturated carbocycles. The van der Waals surface area contributed by atoms with Gasteiger partial charge in [0.15, 0.2) is 0 Å². The highest BCUT2D eigenvalue weighted by molar-refractivity contribution is 5.16. The fourth-order valence-electron chi connectivity index (χ4n) is 4.12. The van der Waals surface area contributed by atoms with Gasteiger partial charge < -0.3 is 0 Å². The van der Waals surface area contributed by atoms with Crippen LogP contribution in [0, 0.1) is 0 Å². The molecular formula is C20H29N5. The molecule has 1 aliphatic heterocycles. The van der Waals surface area contributed by atoms with Crippen LogP contribution in [0.25, 0.3) is 0 Å². The summed E-state index contributed by atoms with van der Waals surface area (Å²) >= 11 is 0. The average molecular weight is 339 g/mol. The Labute approximate surface area is 150 Å². The molecule has 0 bridgehead atoms. The molecule has 2 heterocycles. The molecule has 134 valence electrons. The smallest absolute Gasteiger partial charge is 0.0759 e. The van der Waals surface area contributed by atoms with Crippen molar-refractivity contribution >= 4 is 0 Å². The molecule has 5 heteroatoms. The van der Waals surface area contributed by atoms with E-state index < -0.39 is 0 Å². The number of benzene rings is 1. The molecule has 2 aromatic rings. The van der Waals surface area contributed by atoms with Crippen molar-refractivity contribution in [1.29, 1.82) is 0 Å². The van der Waals surface area contributed by atoms with E-state index in [4.69, 9.17) is 0 Å². The average Bonchev–Trinajstić information content (AvgIpc) is 2.91. The van der Waals surface area contributed by atoms with E-state index in [-0.39, 0.29) is 0 Å². The van der Waals surface area contributed by atoms with Crippen molar-refractivity contribution in [3.8, 4) is 0 Å². The summed E-state index contributed by atoms with van der Waals surface area (Å²) in [6, 6.07) is 11.7. The number of hydrogen-bond donors (Lipinski definition) is 0. The summed E-state index contributed by atoms with van der Waals surface area (Å²) in [7, 11) is 0. The number of rotatable bonds is 5. The maximum Gasteiger partial charge on any atom is 0.0759 e. The minimum absolute atomic E-state index is 0.361. The van der Waals surface area contributed by atoms with Gasteiger partial charge in [0, 0.05) is 25.7 Å². The molecule has 1 atom stereocenters. The fraction of sp³-hybridized carbons (Fsp3) is 0.600. The summed E-state index contributed by atoms with van der Waals surface area (Å²) in [5.74, 6) is 0. The third-order valence-electron chi connectivity index (χ3n) is 5.95. The Hall–Kier alpha value is -1.72. The van der Waals surface area contributed by atoms with Crippen molar-refractivity contribution in [1.82, 2.24) is 24.8 Å². The van der Waals surface area contributed by atoms with Crippen LogP contribution in [0.1, 0.15) is 49.9 Å². The second-order valence-electron chi connectivity index (χ2n) is 7.49. The van der Waals surface area contributed by atoms with E-state index in [9.17, 15) is 0 Å². The highest BCUT2D eigenvalue weighted by atomic mass is 15.4. The van der Waals surface area contributed by atoms with Gasteiger partial charge in [-0.05, 0) is 38.3 Å². The Morgan fingerprint density at radius 2 is 1.88 bits per heavy atom. The zero-order valence-corrected chi connectivity index (χ0v) is 15.2. The second kappa shape index (κ2) is 7.67. The van der Waals surface area contributed by atoms with Gasteiger partial charge in [0.1, 0.15) is 0 Å². The van der Waals surface area contributed by atoms with Crippen molar-refractivity contribution in [2.75, 3.05) is 26.2 Å². The first-order valence-electron chi connectivity index (χ1n) is 9.71. The van der Waals surface area contributed by atoms with Gasteiger partial charge >= 0.3 is 0 Å². The standard InChI is InChI=1S/C20H29N5/c1-17(23-11-6-12-24(14-13-23)19-9-5-10-19)20-15-21-22-25(20)16-18-7-3-2-4-8-18/h2-4,7-8,15,17,19H,5-6,9-14,16H2,1H3. The normalized spacial score (nSPS) is 21.6. The third kappa shape index (κ3) is 3.77. The first kappa shape index (κ1) is 16.7. The third-order valence-corrected chi connectivity index (χ3v) is 5.95. The summed E-state index contributed by atoms with van der Waals surface area (Å²) in [5, 5.41) is 8.55. The summed E-state index contributed by atoms with van der Waals surface area (Å²) in [5.41, 5.74) is 2.49. The quantitative estimate of drug-likeness (QED) is 0.839. The van der Waals surface area contributed by atoms with E-state index in [1.54, 1.807) is 0 Å². The highest BCUT2D eigenvalue weighted by Crippen LogP contribution is 2.27. The topological polar surface area (TPSA) is 37.2 Å². The van der Waals surface area contributed by atoms with Gasteiger partial charge in [-0.25, -0.2) is 4.68 Å². The lowest BCUT2D eigenvalue weighted by atomic mass is 9.91. The van der Waals surface area contributed by atoms with Gasteiger partial charge in [0.2, 0.25) is 0 Å². The van der Waals surface area contributed by atoms with Crippen LogP contribution in [-0.2, 0) is 6.54 Å². The van der Waals surface area contributed by atoms with Gasteiger partial charge in [-0.3, -0.25) is 9.80 Å². The van der Waals surface area contributed by atoms with Gasteiger partial charge in [-0.15, -0.1) is 5.10 Å². The van der Waals surface area contributed by atoms with Gasteiger partial charge in [-0.2, -0.15) is 0 Å². The minimum atomic E-state index is 0.361. The molecule has 4 rings (SSSR count). The Kier molecular flexibility index (Phi) is 5.13. The molecule has 0 amide bonds. The zero-order valence-electron chi connectivity index (χ0n) is 15.2. The molecule has 2 fully saturated rings. The van der Waals surface area contributed by atoms with E-state index in [0.717, 1.165) is 19.1 Å². The highest BCUT2D eigenvalue weighted by Gasteiger charge is 2.28. The molecule has 1 unspecified atom stereocenters. The Balaban J connectivity index is 1.42. The Bertz CT molecular complexity index is 664. The Morgan fingerprint density at radius 1 is 1.04 bits per heavy atom. The molecule has 1 saturated heterocycles. The molecule has 2 aliphatic rings. The van der Waals surface area contributed by atoms with Crippen LogP contribution in [0.15, 0.2) is 36.5 Å². The maximum atomic E-state index is 4.35. The first-order chi connectivity index (χ1) is 12.3. The van der Waals surface area contributed by atoms with Crippen molar-refractivity contribution in [2.45, 2.75) is 51.2 Å². The molecule has 0 N–H and O–H groups in total. The molecule has 1 aliphatic carbocycles. The lowest BCUT2D eigenvalue weighted by Gasteiger charge is -2.37. The summed E-state index contributed by atoms with van der Waals surface area (Å²) in [6.45, 7) is 7.88. The van der Waals surface area contributed by atoms with Crippen LogP contribution in [0.3, 0.4) is 0 Å². The lowest BCUT2D eigenvalue weighted by Crippen LogP contribution is -2.42. The number of hydrogen-bond acceptors (Lipinski definition) is 4. The predicted molar refractivity (Wildman–Crippen MR) is 99.4 cm³/mol. The van der Waals surface area contributed by atoms with Crippen LogP contribution in [-0.4, -0.2) is 57.0 Å². The van der Waals surface area contributed by atoms with Gasteiger partial charge in [0.25, 0.3) is 0 Å². The second-order valence-corrected chi connectivity index (χ2v) is 7.49. The number of aromatic nitrogens is 3. The fourth-order valence-corrected chi connectivity index (χ4v) is 4.12. The summed E-state index contributed by atoms with van der Waals surface area (Å²) < 4.78 is 2.06. The molecule has 5 nitrogen and oxygen atoms in total. The summed E-state index contributed by atoms with van der Waals surface area (Å²) in [6.07, 6.45) is 7.45. The largest absolute Gasteiger partial charge is 0.299 e. The van der Waals surface area contributed by atoms with Crippen LogP contribution in [0.2, 0.25) is 0 Å². The van der Waals surface area contributed by atoms with Crippen molar-refractivity contribution in [3.05, 3.63) is 47.8 Å². The zero-order chi connectivity index (χ0) is 17.1. The Morgan fingerprint density at radius 3 is 2.64 bits per heavy atom. The van der Waals surface area contributed by atoms with Crippen LogP contribution >= 0.6 is 0 Å². The first-order valence-corrected chi connectivity index (χ1v) is 9.71.